The fourth-order valence-electron chi connectivity index (χ4n) is 2.34. The second-order valence-corrected chi connectivity index (χ2v) is 6.70. The summed E-state index contributed by atoms with van der Waals surface area (Å²) in [5.41, 5.74) is 0.687. The summed E-state index contributed by atoms with van der Waals surface area (Å²) < 4.78 is 28.1. The second-order valence-electron chi connectivity index (χ2n) is 4.79. The number of aromatic nitrogens is 2. The van der Waals surface area contributed by atoms with Gasteiger partial charge in [0.25, 0.3) is 0 Å². The van der Waals surface area contributed by atoms with Gasteiger partial charge in [-0.15, -0.1) is 0 Å². The summed E-state index contributed by atoms with van der Waals surface area (Å²) in [6, 6.07) is 0. The van der Waals surface area contributed by atoms with Gasteiger partial charge in [0.05, 0.1) is 11.9 Å². The lowest BCUT2D eigenvalue weighted by Crippen LogP contribution is -2.30. The van der Waals surface area contributed by atoms with E-state index in [9.17, 15) is 8.42 Å². The monoisotopic (exact) mass is 272 g/mol. The highest BCUT2D eigenvalue weighted by atomic mass is 32.2. The van der Waals surface area contributed by atoms with Crippen molar-refractivity contribution in [2.24, 2.45) is 13.0 Å². The van der Waals surface area contributed by atoms with Crippen molar-refractivity contribution in [3.8, 4) is 0 Å². The molecule has 18 heavy (non-hydrogen) atoms. The molecule has 6 nitrogen and oxygen atoms in total. The third kappa shape index (κ3) is 2.30. The number of sulfonamides is 1. The molecule has 2 heterocycles. The minimum absolute atomic E-state index is 0.329. The van der Waals surface area contributed by atoms with E-state index >= 15 is 0 Å². The van der Waals surface area contributed by atoms with Gasteiger partial charge in [0.2, 0.25) is 10.0 Å². The van der Waals surface area contributed by atoms with Gasteiger partial charge in [-0.05, 0) is 32.9 Å². The Kier molecular flexibility index (Phi) is 3.74. The zero-order valence-corrected chi connectivity index (χ0v) is 11.9. The van der Waals surface area contributed by atoms with Crippen molar-refractivity contribution in [1.29, 1.82) is 0 Å². The molecular weight excluding hydrogens is 252 g/mol. The van der Waals surface area contributed by atoms with Crippen LogP contribution < -0.4 is 5.32 Å². The van der Waals surface area contributed by atoms with Gasteiger partial charge in [0.1, 0.15) is 4.90 Å². The van der Waals surface area contributed by atoms with Crippen molar-refractivity contribution >= 4 is 10.0 Å². The molecule has 1 unspecified atom stereocenters. The van der Waals surface area contributed by atoms with E-state index in [4.69, 9.17) is 0 Å². The van der Waals surface area contributed by atoms with Gasteiger partial charge in [0, 0.05) is 20.1 Å². The second kappa shape index (κ2) is 4.99. The third-order valence-electron chi connectivity index (χ3n) is 3.55. The summed E-state index contributed by atoms with van der Waals surface area (Å²) in [6.45, 7) is 3.83. The van der Waals surface area contributed by atoms with E-state index in [1.165, 1.54) is 6.20 Å². The molecule has 0 saturated carbocycles. The normalized spacial score (nSPS) is 21.6. The van der Waals surface area contributed by atoms with Gasteiger partial charge in [-0.1, -0.05) is 0 Å². The molecule has 1 N–H and O–H groups in total. The Morgan fingerprint density at radius 3 is 2.83 bits per heavy atom. The van der Waals surface area contributed by atoms with E-state index < -0.39 is 10.0 Å². The molecule has 0 aliphatic carbocycles. The standard InChI is InChI=1S/C11H20N4O2S/c1-9-11(7-13-14(9)3)18(16,17)15-5-4-10(8-15)6-12-2/h7,10,12H,4-6,8H2,1-3H3. The molecule has 7 heteroatoms. The Balaban J connectivity index is 2.20. The van der Waals surface area contributed by atoms with Gasteiger partial charge in [-0.25, -0.2) is 8.42 Å². The molecule has 0 radical (unpaired) electrons. The number of rotatable bonds is 4. The van der Waals surface area contributed by atoms with Crippen LogP contribution >= 0.6 is 0 Å². The first kappa shape index (κ1) is 13.5. The summed E-state index contributed by atoms with van der Waals surface area (Å²) in [7, 11) is 0.266. The minimum Gasteiger partial charge on any atom is -0.319 e. The molecule has 1 aliphatic heterocycles. The lowest BCUT2D eigenvalue weighted by molar-refractivity contribution is 0.450. The van der Waals surface area contributed by atoms with Crippen molar-refractivity contribution in [3.05, 3.63) is 11.9 Å². The lowest BCUT2D eigenvalue weighted by atomic mass is 10.1. The van der Waals surface area contributed by atoms with Crippen molar-refractivity contribution in [3.63, 3.8) is 0 Å². The van der Waals surface area contributed by atoms with Gasteiger partial charge in [-0.3, -0.25) is 4.68 Å². The van der Waals surface area contributed by atoms with Crippen molar-refractivity contribution in [1.82, 2.24) is 19.4 Å². The van der Waals surface area contributed by atoms with Gasteiger partial charge in [-0.2, -0.15) is 9.40 Å². The minimum atomic E-state index is -3.38. The molecule has 1 aromatic rings. The smallest absolute Gasteiger partial charge is 0.246 e. The van der Waals surface area contributed by atoms with E-state index in [2.05, 4.69) is 10.4 Å². The van der Waals surface area contributed by atoms with Gasteiger partial charge >= 0.3 is 0 Å². The topological polar surface area (TPSA) is 67.2 Å². The van der Waals surface area contributed by atoms with Gasteiger partial charge < -0.3 is 5.32 Å². The summed E-state index contributed by atoms with van der Waals surface area (Å²) in [5, 5.41) is 7.11. The van der Waals surface area contributed by atoms with Crippen molar-refractivity contribution in [2.75, 3.05) is 26.7 Å². The van der Waals surface area contributed by atoms with Crippen LogP contribution in [0.3, 0.4) is 0 Å². The Labute approximate surface area is 108 Å². The van der Waals surface area contributed by atoms with E-state index in [-0.39, 0.29) is 0 Å². The van der Waals surface area contributed by atoms with Crippen LogP contribution in [0.4, 0.5) is 0 Å². The molecule has 1 fully saturated rings. The maximum atomic E-state index is 12.5. The summed E-state index contributed by atoms with van der Waals surface area (Å²) in [6.07, 6.45) is 2.36. The van der Waals surface area contributed by atoms with Crippen LogP contribution in [0.5, 0.6) is 0 Å². The first-order chi connectivity index (χ1) is 8.46. The lowest BCUT2D eigenvalue weighted by Gasteiger charge is -2.16. The molecule has 1 aromatic heterocycles. The third-order valence-corrected chi connectivity index (χ3v) is 5.52. The van der Waals surface area contributed by atoms with Crippen molar-refractivity contribution < 1.29 is 8.42 Å². The fraction of sp³-hybridized carbons (Fsp3) is 0.727. The highest BCUT2D eigenvalue weighted by Crippen LogP contribution is 2.25. The Bertz CT molecular complexity index is 523. The molecule has 0 amide bonds. The predicted octanol–water partition coefficient (Wildman–Crippen LogP) is -0.0415. The first-order valence-electron chi connectivity index (χ1n) is 6.10. The van der Waals surface area contributed by atoms with Crippen LogP contribution in [-0.4, -0.2) is 49.2 Å². The summed E-state index contributed by atoms with van der Waals surface area (Å²) >= 11 is 0. The Hall–Kier alpha value is -0.920. The van der Waals surface area contributed by atoms with E-state index in [1.54, 1.807) is 23.0 Å². The number of aryl methyl sites for hydroxylation is 1. The van der Waals surface area contributed by atoms with Crippen molar-refractivity contribution in [2.45, 2.75) is 18.2 Å². The fourth-order valence-corrected chi connectivity index (χ4v) is 4.06. The largest absolute Gasteiger partial charge is 0.319 e. The highest BCUT2D eigenvalue weighted by Gasteiger charge is 2.34. The van der Waals surface area contributed by atoms with Crippen LogP contribution in [0, 0.1) is 12.8 Å². The number of hydrogen-bond donors (Lipinski definition) is 1. The summed E-state index contributed by atoms with van der Waals surface area (Å²) in [5.74, 6) is 0.404. The predicted molar refractivity (Wildman–Crippen MR) is 68.7 cm³/mol. The zero-order valence-electron chi connectivity index (χ0n) is 11.0. The quantitative estimate of drug-likeness (QED) is 0.835. The van der Waals surface area contributed by atoms with Crippen LogP contribution in [0.15, 0.2) is 11.1 Å². The number of nitrogens with one attached hydrogen (secondary N) is 1. The molecule has 1 saturated heterocycles. The average Bonchev–Trinajstić information content (AvgIpc) is 2.89. The SMILES string of the molecule is CNCC1CCN(S(=O)(=O)c2cnn(C)c2C)C1. The maximum Gasteiger partial charge on any atom is 0.246 e. The highest BCUT2D eigenvalue weighted by molar-refractivity contribution is 7.89. The molecular formula is C11H20N4O2S. The molecule has 0 bridgehead atoms. The number of nitrogens with zero attached hydrogens (tertiary/aromatic N) is 3. The molecule has 102 valence electrons. The Morgan fingerprint density at radius 2 is 2.28 bits per heavy atom. The Morgan fingerprint density at radius 1 is 1.56 bits per heavy atom. The number of hydrogen-bond acceptors (Lipinski definition) is 4. The molecule has 0 spiro atoms. The van der Waals surface area contributed by atoms with E-state index in [0.29, 0.717) is 29.6 Å². The zero-order chi connectivity index (χ0) is 13.3. The van der Waals surface area contributed by atoms with Crippen LogP contribution in [0.25, 0.3) is 0 Å². The van der Waals surface area contributed by atoms with Crippen LogP contribution in [0.2, 0.25) is 0 Å². The van der Waals surface area contributed by atoms with E-state index in [0.717, 1.165) is 13.0 Å². The molecule has 0 aromatic carbocycles. The molecule has 2 rings (SSSR count). The van der Waals surface area contributed by atoms with Gasteiger partial charge in [0.15, 0.2) is 0 Å². The first-order valence-corrected chi connectivity index (χ1v) is 7.54. The summed E-state index contributed by atoms with van der Waals surface area (Å²) in [4.78, 5) is 0.329. The molecule has 1 atom stereocenters. The maximum absolute atomic E-state index is 12.5. The molecule has 1 aliphatic rings. The van der Waals surface area contributed by atoms with E-state index in [1.807, 2.05) is 7.05 Å². The van der Waals surface area contributed by atoms with Crippen LogP contribution in [0.1, 0.15) is 12.1 Å². The van der Waals surface area contributed by atoms with Crippen LogP contribution in [-0.2, 0) is 17.1 Å². The average molecular weight is 272 g/mol.